The van der Waals surface area contributed by atoms with Crippen LogP contribution in [0.4, 0.5) is 10.2 Å². The number of pyridine rings is 1. The van der Waals surface area contributed by atoms with E-state index < -0.39 is 0 Å². The Morgan fingerprint density at radius 3 is 2.92 bits per heavy atom. The Bertz CT molecular complexity index is 1690. The van der Waals surface area contributed by atoms with E-state index in [-0.39, 0.29) is 23.6 Å². The van der Waals surface area contributed by atoms with E-state index in [1.807, 2.05) is 29.1 Å². The number of carbonyl (C=O) groups excluding carboxylic acids is 1. The summed E-state index contributed by atoms with van der Waals surface area (Å²) in [5.74, 6) is 0.368. The zero-order valence-corrected chi connectivity index (χ0v) is 21.8. The number of nitrogens with two attached hydrogens (primary N) is 1. The normalized spacial score (nSPS) is 15.6. The molecule has 0 radical (unpaired) electrons. The summed E-state index contributed by atoms with van der Waals surface area (Å²) < 4.78 is 24.1. The van der Waals surface area contributed by atoms with E-state index in [1.165, 1.54) is 28.7 Å². The van der Waals surface area contributed by atoms with Crippen LogP contribution in [0.15, 0.2) is 42.6 Å². The van der Waals surface area contributed by atoms with Crippen LogP contribution in [0.3, 0.4) is 0 Å². The molecule has 1 saturated heterocycles. The van der Waals surface area contributed by atoms with E-state index >= 15 is 4.39 Å². The number of rotatable bonds is 5. The number of methoxy groups -OCH3 is 1. The number of hydrogen-bond donors (Lipinski definition) is 1. The van der Waals surface area contributed by atoms with Crippen molar-refractivity contribution in [2.75, 3.05) is 25.9 Å². The zero-order chi connectivity index (χ0) is 25.8. The minimum absolute atomic E-state index is 0.126. The number of carbonyl (C=O) groups is 1. The van der Waals surface area contributed by atoms with Gasteiger partial charge in [-0.3, -0.25) is 9.48 Å². The van der Waals surface area contributed by atoms with Gasteiger partial charge >= 0.3 is 0 Å². The first-order valence-corrected chi connectivity index (χ1v) is 13.4. The predicted molar refractivity (Wildman–Crippen MR) is 146 cm³/mol. The predicted octanol–water partition coefficient (Wildman–Crippen LogP) is 5.43. The lowest BCUT2D eigenvalue weighted by Crippen LogP contribution is -2.27. The van der Waals surface area contributed by atoms with Crippen molar-refractivity contribution in [2.45, 2.75) is 19.4 Å². The van der Waals surface area contributed by atoms with E-state index in [1.54, 1.807) is 24.4 Å². The lowest BCUT2D eigenvalue weighted by Gasteiger charge is -2.16. The first-order chi connectivity index (χ1) is 17.9. The van der Waals surface area contributed by atoms with Crippen LogP contribution in [0.5, 0.6) is 5.75 Å². The second kappa shape index (κ2) is 8.93. The monoisotopic (exact) mass is 534 g/mol. The van der Waals surface area contributed by atoms with Gasteiger partial charge in [-0.1, -0.05) is 6.58 Å². The second-order valence-electron chi connectivity index (χ2n) is 8.93. The fraction of sp³-hybridized carbons (Fsp3) is 0.231. The van der Waals surface area contributed by atoms with Crippen molar-refractivity contribution in [3.63, 3.8) is 0 Å². The average molecular weight is 535 g/mol. The maximum Gasteiger partial charge on any atom is 0.246 e. The SMILES string of the molecule is C=CC(=O)N1CCC(n2nc(-c3sc4c(OC)cc(C)cc4c3F)c3c(N)ncc(-c4nccs4)c32)C1. The summed E-state index contributed by atoms with van der Waals surface area (Å²) in [6.45, 7) is 6.55. The van der Waals surface area contributed by atoms with E-state index in [2.05, 4.69) is 16.5 Å². The molecule has 0 spiro atoms. The van der Waals surface area contributed by atoms with E-state index in [9.17, 15) is 4.79 Å². The quantitative estimate of drug-likeness (QED) is 0.302. The molecule has 8 nitrogen and oxygen atoms in total. The van der Waals surface area contributed by atoms with Crippen molar-refractivity contribution < 1.29 is 13.9 Å². The summed E-state index contributed by atoms with van der Waals surface area (Å²) in [6, 6.07) is 3.57. The second-order valence-corrected chi connectivity index (χ2v) is 10.8. The minimum Gasteiger partial charge on any atom is -0.495 e. The van der Waals surface area contributed by atoms with Crippen molar-refractivity contribution in [1.29, 1.82) is 0 Å². The molecule has 1 unspecified atom stereocenters. The number of likely N-dealkylation sites (tertiary alicyclic amines) is 1. The van der Waals surface area contributed by atoms with Gasteiger partial charge in [0, 0.05) is 36.2 Å². The summed E-state index contributed by atoms with van der Waals surface area (Å²) in [6.07, 6.45) is 5.43. The molecular weight excluding hydrogens is 511 g/mol. The van der Waals surface area contributed by atoms with Crippen molar-refractivity contribution in [1.82, 2.24) is 24.6 Å². The Balaban J connectivity index is 1.63. The Kier molecular flexibility index (Phi) is 5.68. The maximum absolute atomic E-state index is 16.0. The number of thiazole rings is 1. The molecule has 1 aliphatic heterocycles. The third kappa shape index (κ3) is 3.68. The molecule has 6 rings (SSSR count). The van der Waals surface area contributed by atoms with Gasteiger partial charge in [0.05, 0.1) is 39.2 Å². The molecule has 188 valence electrons. The summed E-state index contributed by atoms with van der Waals surface area (Å²) in [5.41, 5.74) is 9.26. The number of ether oxygens (including phenoxy) is 1. The number of thiophene rings is 1. The summed E-state index contributed by atoms with van der Waals surface area (Å²) in [5, 5.41) is 8.66. The van der Waals surface area contributed by atoms with Crippen LogP contribution >= 0.6 is 22.7 Å². The van der Waals surface area contributed by atoms with E-state index in [4.69, 9.17) is 15.6 Å². The highest BCUT2D eigenvalue weighted by atomic mass is 32.1. The Labute approximate surface area is 219 Å². The molecule has 0 bridgehead atoms. The van der Waals surface area contributed by atoms with Crippen LogP contribution in [0.25, 0.3) is 42.1 Å². The van der Waals surface area contributed by atoms with Crippen LogP contribution in [0, 0.1) is 12.7 Å². The standard InChI is InChI=1S/C26H23FN6O2S2/c1-4-18(34)32-7-5-14(12-32)33-22-16(26-29-6-8-36-26)11-30-25(28)19(22)21(31-33)24-20(27)15-9-13(2)10-17(35-3)23(15)37-24/h4,6,8-11,14H,1,5,7,12H2,2-3H3,(H2,28,30). The number of anilines is 1. The highest BCUT2D eigenvalue weighted by Gasteiger charge is 2.32. The van der Waals surface area contributed by atoms with Crippen LogP contribution < -0.4 is 10.5 Å². The molecule has 11 heteroatoms. The highest BCUT2D eigenvalue weighted by molar-refractivity contribution is 7.22. The summed E-state index contributed by atoms with van der Waals surface area (Å²) >= 11 is 2.76. The molecule has 37 heavy (non-hydrogen) atoms. The number of nitrogens with zero attached hydrogens (tertiary/aromatic N) is 5. The molecular formula is C26H23FN6O2S2. The topological polar surface area (TPSA) is 99.2 Å². The van der Waals surface area contributed by atoms with Gasteiger partial charge < -0.3 is 15.4 Å². The first-order valence-electron chi connectivity index (χ1n) is 11.7. The molecule has 2 N–H and O–H groups in total. The molecule has 0 aliphatic carbocycles. The largest absolute Gasteiger partial charge is 0.495 e. The number of aryl methyl sites for hydroxylation is 1. The molecule has 5 aromatic rings. The van der Waals surface area contributed by atoms with Gasteiger partial charge in [0.15, 0.2) is 5.82 Å². The van der Waals surface area contributed by atoms with Gasteiger partial charge in [0.25, 0.3) is 0 Å². The third-order valence-electron chi connectivity index (χ3n) is 6.69. The third-order valence-corrected chi connectivity index (χ3v) is 8.70. The van der Waals surface area contributed by atoms with Crippen LogP contribution in [-0.4, -0.2) is 50.8 Å². The van der Waals surface area contributed by atoms with Crippen molar-refractivity contribution in [3.8, 4) is 26.9 Å². The number of fused-ring (bicyclic) bond motifs is 2. The van der Waals surface area contributed by atoms with Crippen molar-refractivity contribution >= 4 is 55.4 Å². The van der Waals surface area contributed by atoms with Crippen LogP contribution in [-0.2, 0) is 4.79 Å². The number of halogens is 1. The molecule has 1 aliphatic rings. The van der Waals surface area contributed by atoms with Gasteiger partial charge in [-0.25, -0.2) is 14.4 Å². The van der Waals surface area contributed by atoms with Gasteiger partial charge in [0.1, 0.15) is 22.3 Å². The number of aromatic nitrogens is 4. The van der Waals surface area contributed by atoms with E-state index in [0.29, 0.717) is 51.3 Å². The van der Waals surface area contributed by atoms with Gasteiger partial charge in [-0.15, -0.1) is 22.7 Å². The fourth-order valence-corrected chi connectivity index (χ4v) is 6.78. The van der Waals surface area contributed by atoms with Gasteiger partial charge in [0.2, 0.25) is 5.91 Å². The Morgan fingerprint density at radius 1 is 1.35 bits per heavy atom. The van der Waals surface area contributed by atoms with Gasteiger partial charge in [-0.2, -0.15) is 5.10 Å². The molecule has 1 amide bonds. The molecule has 0 saturated carbocycles. The number of benzene rings is 1. The summed E-state index contributed by atoms with van der Waals surface area (Å²) in [4.78, 5) is 23.3. The first kappa shape index (κ1) is 23.6. The Morgan fingerprint density at radius 2 is 2.19 bits per heavy atom. The minimum atomic E-state index is -0.373. The van der Waals surface area contributed by atoms with E-state index in [0.717, 1.165) is 21.7 Å². The number of hydrogen-bond acceptors (Lipinski definition) is 8. The molecule has 4 aromatic heterocycles. The molecule has 1 fully saturated rings. The lowest BCUT2D eigenvalue weighted by molar-refractivity contribution is -0.125. The number of nitrogen functional groups attached to an aromatic ring is 1. The maximum atomic E-state index is 16.0. The fourth-order valence-electron chi connectivity index (χ4n) is 4.98. The molecule has 1 atom stereocenters. The van der Waals surface area contributed by atoms with Gasteiger partial charge in [-0.05, 0) is 37.1 Å². The molecule has 1 aromatic carbocycles. The smallest absolute Gasteiger partial charge is 0.246 e. The number of amides is 1. The van der Waals surface area contributed by atoms with Crippen LogP contribution in [0.2, 0.25) is 0 Å². The Hall–Kier alpha value is -3.83. The lowest BCUT2D eigenvalue weighted by atomic mass is 10.1. The van der Waals surface area contributed by atoms with Crippen molar-refractivity contribution in [3.05, 3.63) is 53.9 Å². The van der Waals surface area contributed by atoms with Crippen molar-refractivity contribution in [2.24, 2.45) is 0 Å². The zero-order valence-electron chi connectivity index (χ0n) is 20.2. The summed E-state index contributed by atoms with van der Waals surface area (Å²) in [7, 11) is 1.58. The molecule has 5 heterocycles. The highest BCUT2D eigenvalue weighted by Crippen LogP contribution is 2.46. The van der Waals surface area contributed by atoms with Crippen LogP contribution in [0.1, 0.15) is 18.0 Å². The average Bonchev–Trinajstić information content (AvgIpc) is 3.70.